The van der Waals surface area contributed by atoms with Gasteiger partial charge in [-0.2, -0.15) is 0 Å². The fraction of sp³-hybridized carbons (Fsp3) is 0.750. The number of nitrogens with one attached hydrogen (secondary N) is 4. The quantitative estimate of drug-likeness (QED) is 0.0294. The van der Waals surface area contributed by atoms with E-state index in [2.05, 4.69) is 44.8 Å². The van der Waals surface area contributed by atoms with Crippen LogP contribution in [0.15, 0.2) is 0 Å². The highest BCUT2D eigenvalue weighted by molar-refractivity contribution is 5.80. The number of terminal acetylenes is 3. The molecule has 17 heteroatoms. The standard InChI is InChI=1S/C41H68N4O11.C2H6.CH3NO/c1-4-25-51-31-34-54-28-12-9-18-41(19-16-38(48)43-22-29-55-35-32-52-26-5-2,20-17-39(49)44-23-30-56-36-33-53-27-6-3)45-40(50)15-13-14-37(47)42-21-10-7-8-11-24-46;1-2;2-1-3/h1-3,46H,7-36H2,(H,42,47)(H,43,48)(H,44,49)(H,45,50);1-2H3;1H,(H2,2,3). The SMILES string of the molecule is C#CCOCCOCCCCC(CCC(=O)NCCOCCOCC#C)(CCC(=O)NCCOCCOCC#C)NC(=O)CCCC(=O)NCCCCCCO.CC.NC=O. The van der Waals surface area contributed by atoms with Crippen molar-refractivity contribution >= 4 is 30.0 Å². The van der Waals surface area contributed by atoms with Crippen molar-refractivity contribution in [1.82, 2.24) is 21.3 Å². The van der Waals surface area contributed by atoms with Crippen LogP contribution in [0.2, 0.25) is 0 Å². The Morgan fingerprint density at radius 1 is 0.525 bits per heavy atom. The van der Waals surface area contributed by atoms with E-state index in [1.54, 1.807) is 0 Å². The van der Waals surface area contributed by atoms with E-state index in [0.29, 0.717) is 105 Å². The third-order valence-corrected chi connectivity index (χ3v) is 8.28. The van der Waals surface area contributed by atoms with Gasteiger partial charge >= 0.3 is 0 Å². The normalized spacial score (nSPS) is 10.3. The predicted molar refractivity (Wildman–Crippen MR) is 235 cm³/mol. The molecule has 0 radical (unpaired) electrons. The van der Waals surface area contributed by atoms with E-state index < -0.39 is 5.54 Å². The Labute approximate surface area is 365 Å². The number of ether oxygens (including phenoxy) is 6. The molecule has 0 heterocycles. The van der Waals surface area contributed by atoms with Gasteiger partial charge in [0.05, 0.1) is 52.9 Å². The highest BCUT2D eigenvalue weighted by atomic mass is 16.5. The molecule has 0 atom stereocenters. The Morgan fingerprint density at radius 3 is 1.41 bits per heavy atom. The van der Waals surface area contributed by atoms with Crippen LogP contribution < -0.4 is 27.0 Å². The van der Waals surface area contributed by atoms with Crippen LogP contribution >= 0.6 is 0 Å². The zero-order valence-electron chi connectivity index (χ0n) is 37.0. The lowest BCUT2D eigenvalue weighted by Crippen LogP contribution is -2.50. The minimum atomic E-state index is -0.881. The highest BCUT2D eigenvalue weighted by Crippen LogP contribution is 2.27. The van der Waals surface area contributed by atoms with Gasteiger partial charge in [0.15, 0.2) is 0 Å². The number of amides is 5. The smallest absolute Gasteiger partial charge is 0.220 e. The molecular weight excluding hydrogens is 791 g/mol. The maximum atomic E-state index is 13.4. The van der Waals surface area contributed by atoms with Crippen LogP contribution in [0.4, 0.5) is 0 Å². The number of carbonyl (C=O) groups is 5. The molecule has 61 heavy (non-hydrogen) atoms. The molecule has 0 aliphatic heterocycles. The molecule has 0 rings (SSSR count). The van der Waals surface area contributed by atoms with Gasteiger partial charge in [0.1, 0.15) is 19.8 Å². The van der Waals surface area contributed by atoms with Crippen LogP contribution in [0.1, 0.15) is 104 Å². The molecule has 0 saturated carbocycles. The van der Waals surface area contributed by atoms with Gasteiger partial charge in [-0.05, 0) is 51.4 Å². The van der Waals surface area contributed by atoms with E-state index in [4.69, 9.17) is 57.6 Å². The van der Waals surface area contributed by atoms with Crippen LogP contribution in [-0.4, -0.2) is 146 Å². The van der Waals surface area contributed by atoms with Crippen LogP contribution in [0.3, 0.4) is 0 Å². The van der Waals surface area contributed by atoms with Crippen LogP contribution in [0, 0.1) is 37.0 Å². The Balaban J connectivity index is -0.00000641. The fourth-order valence-electron chi connectivity index (χ4n) is 5.36. The zero-order chi connectivity index (χ0) is 45.9. The zero-order valence-corrected chi connectivity index (χ0v) is 37.0. The number of aliphatic hydroxyl groups is 1. The lowest BCUT2D eigenvalue weighted by molar-refractivity contribution is -0.127. The number of nitrogens with two attached hydrogens (primary N) is 1. The summed E-state index contributed by atoms with van der Waals surface area (Å²) < 4.78 is 32.2. The second-order valence-corrected chi connectivity index (χ2v) is 13.1. The van der Waals surface area contributed by atoms with Crippen molar-refractivity contribution in [2.45, 2.75) is 109 Å². The molecule has 0 aliphatic rings. The molecule has 0 bridgehead atoms. The van der Waals surface area contributed by atoms with Crippen molar-refractivity contribution in [2.24, 2.45) is 5.73 Å². The molecule has 0 saturated heterocycles. The first kappa shape index (κ1) is 61.1. The summed E-state index contributed by atoms with van der Waals surface area (Å²) in [5.74, 6) is 6.35. The average Bonchev–Trinajstić information content (AvgIpc) is 3.25. The van der Waals surface area contributed by atoms with Gasteiger partial charge in [-0.1, -0.05) is 44.5 Å². The monoisotopic (exact) mass is 868 g/mol. The summed E-state index contributed by atoms with van der Waals surface area (Å²) in [6.45, 7) is 9.13. The van der Waals surface area contributed by atoms with Crippen molar-refractivity contribution in [3.63, 3.8) is 0 Å². The summed E-state index contributed by atoms with van der Waals surface area (Å²) in [4.78, 5) is 60.3. The third kappa shape index (κ3) is 46.7. The van der Waals surface area contributed by atoms with Crippen molar-refractivity contribution in [2.75, 3.05) is 106 Å². The first-order chi connectivity index (χ1) is 29.7. The fourth-order valence-corrected chi connectivity index (χ4v) is 5.36. The lowest BCUT2D eigenvalue weighted by atomic mass is 9.82. The summed E-state index contributed by atoms with van der Waals surface area (Å²) in [5.41, 5.74) is 3.29. The summed E-state index contributed by atoms with van der Waals surface area (Å²) in [7, 11) is 0. The average molecular weight is 868 g/mol. The van der Waals surface area contributed by atoms with Crippen LogP contribution in [0.25, 0.3) is 0 Å². The van der Waals surface area contributed by atoms with Gasteiger partial charge in [-0.3, -0.25) is 24.0 Å². The third-order valence-electron chi connectivity index (χ3n) is 8.28. The molecule has 17 nitrogen and oxygen atoms in total. The number of hydrogen-bond donors (Lipinski definition) is 6. The molecule has 0 aromatic rings. The molecule has 0 aliphatic carbocycles. The molecule has 0 spiro atoms. The Kier molecular flexibility index (Phi) is 50.2. The largest absolute Gasteiger partial charge is 0.396 e. The number of hydrogen-bond acceptors (Lipinski definition) is 12. The maximum absolute atomic E-state index is 13.4. The number of unbranched alkanes of at least 4 members (excludes halogenated alkanes) is 4. The van der Waals surface area contributed by atoms with E-state index in [-0.39, 0.29) is 95.0 Å². The molecule has 0 aromatic heterocycles. The highest BCUT2D eigenvalue weighted by Gasteiger charge is 2.32. The molecule has 5 amide bonds. The first-order valence-electron chi connectivity index (χ1n) is 21.4. The molecule has 0 aromatic carbocycles. The molecule has 0 fully saturated rings. The van der Waals surface area contributed by atoms with Gasteiger partial charge < -0.3 is 60.5 Å². The number of carbonyl (C=O) groups excluding carboxylic acids is 5. The van der Waals surface area contributed by atoms with Gasteiger partial charge in [0, 0.05) is 64.1 Å². The summed E-state index contributed by atoms with van der Waals surface area (Å²) in [6, 6.07) is 0. The summed E-state index contributed by atoms with van der Waals surface area (Å²) in [5, 5.41) is 20.7. The Bertz CT molecular complexity index is 1160. The second-order valence-electron chi connectivity index (χ2n) is 13.1. The molecule has 350 valence electrons. The van der Waals surface area contributed by atoms with E-state index in [1.165, 1.54) is 0 Å². The summed E-state index contributed by atoms with van der Waals surface area (Å²) >= 11 is 0. The van der Waals surface area contributed by atoms with Gasteiger partial charge in [0.25, 0.3) is 0 Å². The van der Waals surface area contributed by atoms with Crippen molar-refractivity contribution in [3.05, 3.63) is 0 Å². The minimum Gasteiger partial charge on any atom is -0.396 e. The van der Waals surface area contributed by atoms with Crippen LogP contribution in [0.5, 0.6) is 0 Å². The summed E-state index contributed by atoms with van der Waals surface area (Å²) in [6.07, 6.45) is 22.4. The van der Waals surface area contributed by atoms with Gasteiger partial charge in [-0.15, -0.1) is 19.3 Å². The van der Waals surface area contributed by atoms with Gasteiger partial charge in [0.2, 0.25) is 30.0 Å². The van der Waals surface area contributed by atoms with E-state index in [9.17, 15) is 19.2 Å². The lowest BCUT2D eigenvalue weighted by Gasteiger charge is -2.35. The van der Waals surface area contributed by atoms with E-state index >= 15 is 0 Å². The first-order valence-corrected chi connectivity index (χ1v) is 21.4. The molecule has 0 unspecified atom stereocenters. The molecular formula is C44H77N5O12. The van der Waals surface area contributed by atoms with E-state index in [1.807, 2.05) is 13.8 Å². The van der Waals surface area contributed by atoms with Crippen molar-refractivity contribution in [3.8, 4) is 37.0 Å². The minimum absolute atomic E-state index is 0.104. The molecule has 7 N–H and O–H groups in total. The van der Waals surface area contributed by atoms with E-state index in [0.717, 1.165) is 25.7 Å². The maximum Gasteiger partial charge on any atom is 0.220 e. The van der Waals surface area contributed by atoms with Gasteiger partial charge in [-0.25, -0.2) is 0 Å². The topological polar surface area (TPSA) is 235 Å². The predicted octanol–water partition coefficient (Wildman–Crippen LogP) is 1.77. The van der Waals surface area contributed by atoms with Crippen molar-refractivity contribution in [1.29, 1.82) is 0 Å². The van der Waals surface area contributed by atoms with Crippen molar-refractivity contribution < 1.29 is 57.5 Å². The number of primary amides is 1. The second kappa shape index (κ2) is 50.1. The van der Waals surface area contributed by atoms with Crippen LogP contribution in [-0.2, 0) is 52.4 Å². The number of aliphatic hydroxyl groups excluding tert-OH is 1. The Hall–Kier alpha value is -4.25. The Morgan fingerprint density at radius 2 is 0.934 bits per heavy atom. The number of rotatable bonds is 40.